The molecule has 0 spiro atoms. The Morgan fingerprint density at radius 1 is 1.12 bits per heavy atom. The van der Waals surface area contributed by atoms with Crippen LogP contribution in [0.2, 0.25) is 0 Å². The zero-order valence-electron chi connectivity index (χ0n) is 18.7. The Balaban J connectivity index is 1.94. The van der Waals surface area contributed by atoms with E-state index in [1.54, 1.807) is 36.8 Å². The van der Waals surface area contributed by atoms with E-state index in [1.807, 2.05) is 0 Å². The smallest absolute Gasteiger partial charge is 0.254 e. The molecule has 0 saturated heterocycles. The van der Waals surface area contributed by atoms with Crippen molar-refractivity contribution < 1.29 is 23.9 Å². The molecule has 3 amide bonds. The zero-order chi connectivity index (χ0) is 23.3. The van der Waals surface area contributed by atoms with Gasteiger partial charge in [0.15, 0.2) is 5.13 Å². The Labute approximate surface area is 192 Å². The summed E-state index contributed by atoms with van der Waals surface area (Å²) in [5.74, 6) is -0.126. The van der Waals surface area contributed by atoms with Crippen LogP contribution in [0.4, 0.5) is 5.13 Å². The van der Waals surface area contributed by atoms with Gasteiger partial charge in [0.25, 0.3) is 5.91 Å². The fourth-order valence-corrected chi connectivity index (χ4v) is 3.51. The van der Waals surface area contributed by atoms with Crippen molar-refractivity contribution in [2.75, 3.05) is 45.8 Å². The molecule has 2 aromatic rings. The molecular formula is C22H30N4O5S. The third-order valence-electron chi connectivity index (χ3n) is 4.52. The van der Waals surface area contributed by atoms with E-state index in [0.717, 1.165) is 12.8 Å². The molecule has 1 aromatic carbocycles. The molecule has 0 bridgehead atoms. The van der Waals surface area contributed by atoms with Crippen LogP contribution in [0.5, 0.6) is 5.75 Å². The third-order valence-corrected chi connectivity index (χ3v) is 5.32. The summed E-state index contributed by atoms with van der Waals surface area (Å²) in [5.41, 5.74) is 1.03. The first kappa shape index (κ1) is 25.3. The van der Waals surface area contributed by atoms with Crippen molar-refractivity contribution in [3.63, 3.8) is 0 Å². The van der Waals surface area contributed by atoms with Gasteiger partial charge < -0.3 is 25.0 Å². The van der Waals surface area contributed by atoms with Crippen molar-refractivity contribution in [1.82, 2.24) is 15.2 Å². The lowest BCUT2D eigenvalue weighted by atomic mass is 10.2. The highest BCUT2D eigenvalue weighted by atomic mass is 32.1. The number of carbonyl (C=O) groups excluding carboxylic acids is 3. The molecule has 0 radical (unpaired) electrons. The Kier molecular flexibility index (Phi) is 10.6. The molecule has 32 heavy (non-hydrogen) atoms. The molecule has 0 aliphatic heterocycles. The first-order valence-corrected chi connectivity index (χ1v) is 11.3. The number of methoxy groups -OCH3 is 2. The SMILES string of the molecule is CCCCNC(=O)Cc1csc(NC(=O)CN(CCOC)C(=O)c2ccc(OC)cc2)n1. The van der Waals surface area contributed by atoms with Crippen LogP contribution in [0.3, 0.4) is 0 Å². The fourth-order valence-electron chi connectivity index (χ4n) is 2.78. The van der Waals surface area contributed by atoms with Crippen LogP contribution in [0.25, 0.3) is 0 Å². The summed E-state index contributed by atoms with van der Waals surface area (Å²) >= 11 is 1.24. The van der Waals surface area contributed by atoms with Crippen molar-refractivity contribution in [3.05, 3.63) is 40.9 Å². The number of rotatable bonds is 13. The Hall–Kier alpha value is -2.98. The van der Waals surface area contributed by atoms with E-state index in [0.29, 0.717) is 35.3 Å². The molecule has 2 rings (SSSR count). The number of hydrogen-bond donors (Lipinski definition) is 2. The van der Waals surface area contributed by atoms with Gasteiger partial charge in [0, 0.05) is 31.1 Å². The van der Waals surface area contributed by atoms with Gasteiger partial charge in [0.2, 0.25) is 11.8 Å². The van der Waals surface area contributed by atoms with Crippen molar-refractivity contribution in [1.29, 1.82) is 0 Å². The minimum atomic E-state index is -0.378. The second-order valence-corrected chi connectivity index (χ2v) is 7.88. The number of nitrogens with zero attached hydrogens (tertiary/aromatic N) is 2. The van der Waals surface area contributed by atoms with E-state index in [-0.39, 0.29) is 37.2 Å². The van der Waals surface area contributed by atoms with Gasteiger partial charge in [-0.05, 0) is 30.7 Å². The average molecular weight is 463 g/mol. The summed E-state index contributed by atoms with van der Waals surface area (Å²) in [4.78, 5) is 43.0. The Bertz CT molecular complexity index is 885. The molecule has 9 nitrogen and oxygen atoms in total. The highest BCUT2D eigenvalue weighted by molar-refractivity contribution is 7.13. The average Bonchev–Trinajstić information content (AvgIpc) is 3.22. The maximum Gasteiger partial charge on any atom is 0.254 e. The summed E-state index contributed by atoms with van der Waals surface area (Å²) in [6, 6.07) is 6.68. The van der Waals surface area contributed by atoms with Crippen LogP contribution in [0.15, 0.2) is 29.6 Å². The molecule has 10 heteroatoms. The lowest BCUT2D eigenvalue weighted by molar-refractivity contribution is -0.120. The Morgan fingerprint density at radius 2 is 1.88 bits per heavy atom. The van der Waals surface area contributed by atoms with Crippen LogP contribution < -0.4 is 15.4 Å². The van der Waals surface area contributed by atoms with Crippen LogP contribution in [0.1, 0.15) is 35.8 Å². The summed E-state index contributed by atoms with van der Waals surface area (Å²) in [7, 11) is 3.08. The Morgan fingerprint density at radius 3 is 2.53 bits per heavy atom. The topological polar surface area (TPSA) is 110 Å². The lowest BCUT2D eigenvalue weighted by Crippen LogP contribution is -2.40. The predicted molar refractivity (Wildman–Crippen MR) is 123 cm³/mol. The quantitative estimate of drug-likeness (QED) is 0.442. The van der Waals surface area contributed by atoms with Gasteiger partial charge in [-0.25, -0.2) is 4.98 Å². The van der Waals surface area contributed by atoms with Gasteiger partial charge in [0.1, 0.15) is 12.3 Å². The normalized spacial score (nSPS) is 10.5. The van der Waals surface area contributed by atoms with Crippen molar-refractivity contribution in [3.8, 4) is 5.75 Å². The molecule has 0 aliphatic rings. The minimum Gasteiger partial charge on any atom is -0.497 e. The largest absolute Gasteiger partial charge is 0.497 e. The summed E-state index contributed by atoms with van der Waals surface area (Å²) in [6.07, 6.45) is 2.10. The molecule has 0 aliphatic carbocycles. The van der Waals surface area contributed by atoms with Gasteiger partial charge in [0.05, 0.1) is 25.8 Å². The van der Waals surface area contributed by atoms with Gasteiger partial charge in [-0.15, -0.1) is 11.3 Å². The van der Waals surface area contributed by atoms with Crippen LogP contribution >= 0.6 is 11.3 Å². The first-order chi connectivity index (χ1) is 15.5. The molecule has 0 saturated carbocycles. The number of nitrogens with one attached hydrogen (secondary N) is 2. The van der Waals surface area contributed by atoms with Crippen molar-refractivity contribution in [2.24, 2.45) is 0 Å². The van der Waals surface area contributed by atoms with Gasteiger partial charge >= 0.3 is 0 Å². The molecule has 174 valence electrons. The number of benzene rings is 1. The fraction of sp³-hybridized carbons (Fsp3) is 0.455. The maximum atomic E-state index is 12.9. The molecule has 0 unspecified atom stereocenters. The third kappa shape index (κ3) is 8.27. The molecular weight excluding hydrogens is 432 g/mol. The number of carbonyl (C=O) groups is 3. The number of thiazole rings is 1. The highest BCUT2D eigenvalue weighted by Crippen LogP contribution is 2.17. The van der Waals surface area contributed by atoms with E-state index in [9.17, 15) is 14.4 Å². The predicted octanol–water partition coefficient (Wildman–Crippen LogP) is 2.34. The minimum absolute atomic E-state index is 0.0996. The maximum absolute atomic E-state index is 12.9. The van der Waals surface area contributed by atoms with Gasteiger partial charge in [-0.1, -0.05) is 13.3 Å². The van der Waals surface area contributed by atoms with E-state index in [1.165, 1.54) is 23.3 Å². The number of anilines is 1. The standard InChI is InChI=1S/C22H30N4O5S/c1-4-5-10-23-19(27)13-17-15-32-22(24-17)25-20(28)14-26(11-12-30-2)21(29)16-6-8-18(31-3)9-7-16/h6-9,15H,4-5,10-14H2,1-3H3,(H,23,27)(H,24,25,28). The molecule has 1 heterocycles. The first-order valence-electron chi connectivity index (χ1n) is 10.4. The molecule has 1 aromatic heterocycles. The molecule has 2 N–H and O–H groups in total. The number of amides is 3. The lowest BCUT2D eigenvalue weighted by Gasteiger charge is -2.21. The summed E-state index contributed by atoms with van der Waals surface area (Å²) in [6.45, 7) is 3.10. The molecule has 0 atom stereocenters. The van der Waals surface area contributed by atoms with Crippen LogP contribution in [-0.2, 0) is 20.7 Å². The van der Waals surface area contributed by atoms with Gasteiger partial charge in [-0.3, -0.25) is 14.4 Å². The number of aromatic nitrogens is 1. The number of unbranched alkanes of at least 4 members (excludes halogenated alkanes) is 1. The van der Waals surface area contributed by atoms with Gasteiger partial charge in [-0.2, -0.15) is 0 Å². The monoisotopic (exact) mass is 462 g/mol. The zero-order valence-corrected chi connectivity index (χ0v) is 19.5. The highest BCUT2D eigenvalue weighted by Gasteiger charge is 2.20. The van der Waals surface area contributed by atoms with E-state index in [4.69, 9.17) is 9.47 Å². The summed E-state index contributed by atoms with van der Waals surface area (Å²) < 4.78 is 10.2. The van der Waals surface area contributed by atoms with E-state index >= 15 is 0 Å². The number of hydrogen-bond acceptors (Lipinski definition) is 7. The van der Waals surface area contributed by atoms with Crippen molar-refractivity contribution in [2.45, 2.75) is 26.2 Å². The number of ether oxygens (including phenoxy) is 2. The van der Waals surface area contributed by atoms with Crippen LogP contribution in [0, 0.1) is 0 Å². The summed E-state index contributed by atoms with van der Waals surface area (Å²) in [5, 5.41) is 7.66. The van der Waals surface area contributed by atoms with Crippen LogP contribution in [-0.4, -0.2) is 68.1 Å². The second kappa shape index (κ2) is 13.4. The molecule has 0 fully saturated rings. The van der Waals surface area contributed by atoms with Crippen molar-refractivity contribution >= 4 is 34.2 Å². The second-order valence-electron chi connectivity index (χ2n) is 7.02. The van der Waals surface area contributed by atoms with E-state index < -0.39 is 0 Å². The van der Waals surface area contributed by atoms with E-state index in [2.05, 4.69) is 22.5 Å².